The van der Waals surface area contributed by atoms with Crippen LogP contribution < -0.4 is 5.32 Å². The molecule has 1 atom stereocenters. The summed E-state index contributed by atoms with van der Waals surface area (Å²) in [6, 6.07) is 0. The van der Waals surface area contributed by atoms with Crippen LogP contribution in [0.3, 0.4) is 0 Å². The molecular weight excluding hydrogens is 365 g/mol. The first kappa shape index (κ1) is 20.0. The molecule has 0 radical (unpaired) electrons. The quantitative estimate of drug-likeness (QED) is 0.311. The second kappa shape index (κ2) is 11.6. The third kappa shape index (κ3) is 8.29. The van der Waals surface area contributed by atoms with Crippen molar-refractivity contribution in [3.8, 4) is 0 Å². The molecule has 1 unspecified atom stereocenters. The predicted octanol–water partition coefficient (Wildman–Crippen LogP) is 2.97. The molecule has 1 rings (SSSR count). The lowest BCUT2D eigenvalue weighted by molar-refractivity contribution is 0.181. The van der Waals surface area contributed by atoms with Crippen LogP contribution in [-0.4, -0.2) is 51.3 Å². The number of halogens is 1. The van der Waals surface area contributed by atoms with Crippen LogP contribution in [0.1, 0.15) is 39.5 Å². The molecule has 4 nitrogen and oxygen atoms in total. The van der Waals surface area contributed by atoms with E-state index in [0.29, 0.717) is 5.92 Å². The number of nitrogens with zero attached hydrogens (tertiary/aromatic N) is 2. The number of ether oxygens (including phenoxy) is 1. The van der Waals surface area contributed by atoms with Crippen molar-refractivity contribution in [2.24, 2.45) is 16.8 Å². The maximum atomic E-state index is 5.42. The van der Waals surface area contributed by atoms with Gasteiger partial charge in [-0.1, -0.05) is 26.7 Å². The number of aliphatic imine (C=N–C) groups is 1. The SMILES string of the molecule is CN=C(NCCCCC(C)C)N(C)CC1CCOC1.I. The smallest absolute Gasteiger partial charge is 0.193 e. The van der Waals surface area contributed by atoms with Crippen LogP contribution in [-0.2, 0) is 4.74 Å². The van der Waals surface area contributed by atoms with Crippen molar-refractivity contribution >= 4 is 29.9 Å². The first-order valence-corrected chi connectivity index (χ1v) is 7.63. The van der Waals surface area contributed by atoms with Gasteiger partial charge in [-0.05, 0) is 18.8 Å². The average Bonchev–Trinajstić information content (AvgIpc) is 2.86. The lowest BCUT2D eigenvalue weighted by atomic mass is 10.1. The number of hydrogen-bond acceptors (Lipinski definition) is 2. The molecule has 0 amide bonds. The first-order chi connectivity index (χ1) is 9.13. The lowest BCUT2D eigenvalue weighted by Crippen LogP contribution is -2.41. The van der Waals surface area contributed by atoms with E-state index in [2.05, 4.69) is 36.1 Å². The molecule has 1 N–H and O–H groups in total. The highest BCUT2D eigenvalue weighted by Gasteiger charge is 2.18. The van der Waals surface area contributed by atoms with E-state index in [9.17, 15) is 0 Å². The Hall–Kier alpha value is -0.0400. The van der Waals surface area contributed by atoms with Crippen molar-refractivity contribution in [1.29, 1.82) is 0 Å². The number of hydrogen-bond donors (Lipinski definition) is 1. The highest BCUT2D eigenvalue weighted by Crippen LogP contribution is 2.13. The highest BCUT2D eigenvalue weighted by molar-refractivity contribution is 14.0. The molecule has 0 spiro atoms. The van der Waals surface area contributed by atoms with E-state index in [-0.39, 0.29) is 24.0 Å². The standard InChI is InChI=1S/C15H31N3O.HI/c1-13(2)7-5-6-9-17-15(16-3)18(4)11-14-8-10-19-12-14;/h13-14H,5-12H2,1-4H3,(H,16,17);1H. The van der Waals surface area contributed by atoms with Crippen molar-refractivity contribution in [3.63, 3.8) is 0 Å². The zero-order valence-corrected chi connectivity index (χ0v) is 15.9. The monoisotopic (exact) mass is 397 g/mol. The number of unbranched alkanes of at least 4 members (excludes halogenated alkanes) is 1. The maximum Gasteiger partial charge on any atom is 0.193 e. The summed E-state index contributed by atoms with van der Waals surface area (Å²) in [6.45, 7) is 8.43. The largest absolute Gasteiger partial charge is 0.381 e. The van der Waals surface area contributed by atoms with Crippen molar-refractivity contribution in [1.82, 2.24) is 10.2 Å². The fourth-order valence-corrected chi connectivity index (χ4v) is 2.46. The second-order valence-corrected chi connectivity index (χ2v) is 5.97. The van der Waals surface area contributed by atoms with Gasteiger partial charge < -0.3 is 15.0 Å². The summed E-state index contributed by atoms with van der Waals surface area (Å²) in [5.41, 5.74) is 0. The summed E-state index contributed by atoms with van der Waals surface area (Å²) in [4.78, 5) is 6.58. The third-order valence-corrected chi connectivity index (χ3v) is 3.62. The molecule has 20 heavy (non-hydrogen) atoms. The van der Waals surface area contributed by atoms with Gasteiger partial charge in [0, 0.05) is 39.7 Å². The van der Waals surface area contributed by atoms with E-state index in [1.807, 2.05) is 7.05 Å². The molecule has 1 fully saturated rings. The summed E-state index contributed by atoms with van der Waals surface area (Å²) in [5.74, 6) is 2.48. The predicted molar refractivity (Wildman–Crippen MR) is 97.0 cm³/mol. The number of rotatable bonds is 7. The van der Waals surface area contributed by atoms with Gasteiger partial charge in [-0.25, -0.2) is 0 Å². The zero-order valence-electron chi connectivity index (χ0n) is 13.5. The molecule has 0 aromatic carbocycles. The van der Waals surface area contributed by atoms with Gasteiger partial charge in [0.05, 0.1) is 6.61 Å². The van der Waals surface area contributed by atoms with Gasteiger partial charge in [-0.3, -0.25) is 4.99 Å². The summed E-state index contributed by atoms with van der Waals surface area (Å²) >= 11 is 0. The van der Waals surface area contributed by atoms with Crippen LogP contribution in [0.5, 0.6) is 0 Å². The molecule has 0 bridgehead atoms. The Labute approximate surface area is 141 Å². The second-order valence-electron chi connectivity index (χ2n) is 5.97. The fraction of sp³-hybridized carbons (Fsp3) is 0.933. The van der Waals surface area contributed by atoms with Crippen LogP contribution in [0.4, 0.5) is 0 Å². The van der Waals surface area contributed by atoms with Gasteiger partial charge >= 0.3 is 0 Å². The van der Waals surface area contributed by atoms with E-state index < -0.39 is 0 Å². The molecule has 120 valence electrons. The van der Waals surface area contributed by atoms with Crippen LogP contribution >= 0.6 is 24.0 Å². The van der Waals surface area contributed by atoms with Gasteiger partial charge in [0.25, 0.3) is 0 Å². The molecule has 0 saturated carbocycles. The normalized spacial score (nSPS) is 19.1. The molecule has 1 saturated heterocycles. The Morgan fingerprint density at radius 2 is 2.15 bits per heavy atom. The van der Waals surface area contributed by atoms with Crippen LogP contribution in [0.15, 0.2) is 4.99 Å². The average molecular weight is 397 g/mol. The topological polar surface area (TPSA) is 36.9 Å². The number of nitrogens with one attached hydrogen (secondary N) is 1. The summed E-state index contributed by atoms with van der Waals surface area (Å²) in [6.07, 6.45) is 5.00. The molecule has 1 heterocycles. The highest BCUT2D eigenvalue weighted by atomic mass is 127. The molecule has 1 aliphatic heterocycles. The summed E-state index contributed by atoms with van der Waals surface area (Å²) in [5, 5.41) is 3.45. The van der Waals surface area contributed by atoms with Crippen molar-refractivity contribution < 1.29 is 4.74 Å². The van der Waals surface area contributed by atoms with E-state index in [1.54, 1.807) is 0 Å². The minimum absolute atomic E-state index is 0. The van der Waals surface area contributed by atoms with Crippen molar-refractivity contribution in [2.75, 3.05) is 40.4 Å². The molecule has 5 heteroatoms. The van der Waals surface area contributed by atoms with Crippen molar-refractivity contribution in [2.45, 2.75) is 39.5 Å². The van der Waals surface area contributed by atoms with Gasteiger partial charge in [0.15, 0.2) is 5.96 Å². The Morgan fingerprint density at radius 3 is 2.70 bits per heavy atom. The third-order valence-electron chi connectivity index (χ3n) is 3.62. The van der Waals surface area contributed by atoms with Gasteiger partial charge in [-0.2, -0.15) is 0 Å². The van der Waals surface area contributed by atoms with Gasteiger partial charge in [-0.15, -0.1) is 24.0 Å². The molecule has 0 aromatic rings. The van der Waals surface area contributed by atoms with Crippen LogP contribution in [0.25, 0.3) is 0 Å². The molecule has 1 aliphatic rings. The van der Waals surface area contributed by atoms with Gasteiger partial charge in [0.1, 0.15) is 0 Å². The van der Waals surface area contributed by atoms with E-state index >= 15 is 0 Å². The lowest BCUT2D eigenvalue weighted by Gasteiger charge is -2.24. The van der Waals surface area contributed by atoms with E-state index in [1.165, 1.54) is 25.7 Å². The van der Waals surface area contributed by atoms with E-state index in [0.717, 1.165) is 38.2 Å². The number of guanidine groups is 1. The fourth-order valence-electron chi connectivity index (χ4n) is 2.46. The molecule has 0 aromatic heterocycles. The summed E-state index contributed by atoms with van der Waals surface area (Å²) < 4.78 is 5.42. The van der Waals surface area contributed by atoms with Crippen molar-refractivity contribution in [3.05, 3.63) is 0 Å². The zero-order chi connectivity index (χ0) is 14.1. The first-order valence-electron chi connectivity index (χ1n) is 7.63. The Balaban J connectivity index is 0.00000361. The molecular formula is C15H32IN3O. The van der Waals surface area contributed by atoms with Gasteiger partial charge in [0.2, 0.25) is 0 Å². The van der Waals surface area contributed by atoms with Crippen LogP contribution in [0, 0.1) is 11.8 Å². The molecule has 0 aliphatic carbocycles. The van der Waals surface area contributed by atoms with E-state index in [4.69, 9.17) is 4.74 Å². The Morgan fingerprint density at radius 1 is 1.40 bits per heavy atom. The Bertz CT molecular complexity index is 266. The minimum atomic E-state index is 0. The van der Waals surface area contributed by atoms with Crippen LogP contribution in [0.2, 0.25) is 0 Å². The summed E-state index contributed by atoms with van der Waals surface area (Å²) in [7, 11) is 3.97. The minimum Gasteiger partial charge on any atom is -0.381 e. The Kier molecular flexibility index (Phi) is 11.6. The maximum absolute atomic E-state index is 5.42.